The fraction of sp³-hybridized carbons (Fsp3) is 0.458. The number of benzene rings is 2. The van der Waals surface area contributed by atoms with Crippen LogP contribution in [0.15, 0.2) is 30.3 Å². The second kappa shape index (κ2) is 9.04. The van der Waals surface area contributed by atoms with E-state index in [1.54, 1.807) is 7.11 Å². The number of nitrogens with one attached hydrogen (secondary N) is 2. The van der Waals surface area contributed by atoms with Crippen molar-refractivity contribution < 1.29 is 9.47 Å². The van der Waals surface area contributed by atoms with Gasteiger partial charge in [-0.2, -0.15) is 0 Å². The molecule has 0 saturated carbocycles. The molecule has 2 N–H and O–H groups in total. The van der Waals surface area contributed by atoms with E-state index >= 15 is 0 Å². The molecule has 0 radical (unpaired) electrons. The predicted molar refractivity (Wildman–Crippen MR) is 124 cm³/mol. The second-order valence-electron chi connectivity index (χ2n) is 8.33. The van der Waals surface area contributed by atoms with Gasteiger partial charge < -0.3 is 20.1 Å². The zero-order chi connectivity index (χ0) is 21.1. The first kappa shape index (κ1) is 21.4. The van der Waals surface area contributed by atoms with Crippen LogP contribution in [0.4, 0.5) is 5.69 Å². The van der Waals surface area contributed by atoms with Crippen LogP contribution in [0.1, 0.15) is 68.7 Å². The van der Waals surface area contributed by atoms with Gasteiger partial charge in [0, 0.05) is 29.8 Å². The fourth-order valence-electron chi connectivity index (χ4n) is 3.84. The number of fused-ring (bicyclic) bond motifs is 1. The van der Waals surface area contributed by atoms with Gasteiger partial charge in [-0.1, -0.05) is 45.9 Å². The Morgan fingerprint density at radius 1 is 1.17 bits per heavy atom. The van der Waals surface area contributed by atoms with Gasteiger partial charge in [-0.15, -0.1) is 0 Å². The van der Waals surface area contributed by atoms with Crippen molar-refractivity contribution >= 4 is 23.0 Å². The van der Waals surface area contributed by atoms with E-state index < -0.39 is 0 Å². The van der Waals surface area contributed by atoms with Gasteiger partial charge in [0.15, 0.2) is 5.11 Å². The number of para-hydroxylation sites is 1. The molecule has 1 unspecified atom stereocenters. The first-order chi connectivity index (χ1) is 13.8. The molecule has 2 aromatic rings. The molecule has 0 bridgehead atoms. The molecule has 4 nitrogen and oxygen atoms in total. The zero-order valence-electron chi connectivity index (χ0n) is 18.3. The smallest absolute Gasteiger partial charge is 0.171 e. The molecule has 0 aromatic heterocycles. The van der Waals surface area contributed by atoms with Crippen LogP contribution in [-0.4, -0.2) is 18.3 Å². The Bertz CT molecular complexity index is 866. The Balaban J connectivity index is 1.76. The monoisotopic (exact) mass is 412 g/mol. The van der Waals surface area contributed by atoms with E-state index in [9.17, 15) is 0 Å². The SMILES string of the molecule is COc1cc2c(cc1CNC(=S)Nc1c(C(C)C)cccc1C(C)C)OC(C)C2. The second-order valence-corrected chi connectivity index (χ2v) is 8.74. The summed E-state index contributed by atoms with van der Waals surface area (Å²) in [7, 11) is 1.70. The normalized spacial score (nSPS) is 15.2. The Morgan fingerprint density at radius 3 is 2.41 bits per heavy atom. The molecular weight excluding hydrogens is 380 g/mol. The number of thiocarbonyl (C=S) groups is 1. The van der Waals surface area contributed by atoms with Crippen molar-refractivity contribution in [3.05, 3.63) is 52.6 Å². The third-order valence-electron chi connectivity index (χ3n) is 5.35. The van der Waals surface area contributed by atoms with Crippen molar-refractivity contribution in [1.82, 2.24) is 5.32 Å². The van der Waals surface area contributed by atoms with E-state index in [4.69, 9.17) is 21.7 Å². The summed E-state index contributed by atoms with van der Waals surface area (Å²) in [6.07, 6.45) is 1.13. The van der Waals surface area contributed by atoms with E-state index in [-0.39, 0.29) is 6.10 Å². The first-order valence-corrected chi connectivity index (χ1v) is 10.7. The zero-order valence-corrected chi connectivity index (χ0v) is 19.1. The standard InChI is InChI=1S/C24H32N2O2S/c1-14(2)19-8-7-9-20(15(3)4)23(19)26-24(29)25-13-18-12-22-17(10-16(5)28-22)11-21(18)27-6/h7-9,11-12,14-16H,10,13H2,1-6H3,(H2,25,26,29). The van der Waals surface area contributed by atoms with Gasteiger partial charge in [0.1, 0.15) is 17.6 Å². The van der Waals surface area contributed by atoms with Crippen LogP contribution in [0, 0.1) is 0 Å². The molecule has 0 amide bonds. The van der Waals surface area contributed by atoms with Crippen molar-refractivity contribution in [3.63, 3.8) is 0 Å². The van der Waals surface area contributed by atoms with E-state index in [2.05, 4.69) is 75.6 Å². The van der Waals surface area contributed by atoms with Gasteiger partial charge in [-0.25, -0.2) is 0 Å². The molecule has 29 heavy (non-hydrogen) atoms. The van der Waals surface area contributed by atoms with E-state index in [1.807, 2.05) is 0 Å². The Morgan fingerprint density at radius 2 is 1.83 bits per heavy atom. The molecule has 0 saturated heterocycles. The van der Waals surface area contributed by atoms with Gasteiger partial charge in [0.25, 0.3) is 0 Å². The van der Waals surface area contributed by atoms with Gasteiger partial charge in [-0.05, 0) is 54.2 Å². The van der Waals surface area contributed by atoms with Crippen molar-refractivity contribution in [2.24, 2.45) is 0 Å². The Kier molecular flexibility index (Phi) is 6.68. The molecule has 0 aliphatic carbocycles. The molecular formula is C24H32N2O2S. The maximum absolute atomic E-state index is 5.90. The summed E-state index contributed by atoms with van der Waals surface area (Å²) in [6.45, 7) is 11.5. The van der Waals surface area contributed by atoms with Gasteiger partial charge in [-0.3, -0.25) is 0 Å². The fourth-order valence-corrected chi connectivity index (χ4v) is 4.01. The van der Waals surface area contributed by atoms with Crippen LogP contribution in [0.5, 0.6) is 11.5 Å². The summed E-state index contributed by atoms with van der Waals surface area (Å²) in [4.78, 5) is 0. The quantitative estimate of drug-likeness (QED) is 0.591. The van der Waals surface area contributed by atoms with Crippen LogP contribution in [0.2, 0.25) is 0 Å². The van der Waals surface area contributed by atoms with Gasteiger partial charge in [0.05, 0.1) is 7.11 Å². The van der Waals surface area contributed by atoms with Crippen LogP contribution in [0.25, 0.3) is 0 Å². The highest BCUT2D eigenvalue weighted by Crippen LogP contribution is 2.35. The summed E-state index contributed by atoms with van der Waals surface area (Å²) in [5.74, 6) is 2.63. The van der Waals surface area contributed by atoms with E-state index in [0.717, 1.165) is 29.2 Å². The summed E-state index contributed by atoms with van der Waals surface area (Å²) in [5.41, 5.74) is 5.90. The van der Waals surface area contributed by atoms with Crippen LogP contribution >= 0.6 is 12.2 Å². The molecule has 1 atom stereocenters. The number of hydrogen-bond donors (Lipinski definition) is 2. The summed E-state index contributed by atoms with van der Waals surface area (Å²) < 4.78 is 11.5. The summed E-state index contributed by atoms with van der Waals surface area (Å²) >= 11 is 5.63. The van der Waals surface area contributed by atoms with Crippen LogP contribution in [0.3, 0.4) is 0 Å². The maximum atomic E-state index is 5.90. The molecule has 1 aliphatic rings. The summed E-state index contributed by atoms with van der Waals surface area (Å²) in [6, 6.07) is 10.6. The lowest BCUT2D eigenvalue weighted by atomic mass is 9.93. The molecule has 1 heterocycles. The van der Waals surface area contributed by atoms with Crippen molar-refractivity contribution in [1.29, 1.82) is 0 Å². The molecule has 5 heteroatoms. The van der Waals surface area contributed by atoms with E-state index in [0.29, 0.717) is 23.5 Å². The van der Waals surface area contributed by atoms with Crippen molar-refractivity contribution in [3.8, 4) is 11.5 Å². The minimum atomic E-state index is 0.211. The van der Waals surface area contributed by atoms with E-state index in [1.165, 1.54) is 16.7 Å². The minimum absolute atomic E-state index is 0.211. The van der Waals surface area contributed by atoms with Gasteiger partial charge >= 0.3 is 0 Å². The lowest BCUT2D eigenvalue weighted by Crippen LogP contribution is -2.29. The maximum Gasteiger partial charge on any atom is 0.171 e. The number of rotatable bonds is 6. The number of ether oxygens (including phenoxy) is 2. The number of hydrogen-bond acceptors (Lipinski definition) is 3. The minimum Gasteiger partial charge on any atom is -0.496 e. The molecule has 3 rings (SSSR count). The number of anilines is 1. The third-order valence-corrected chi connectivity index (χ3v) is 5.60. The molecule has 2 aromatic carbocycles. The molecule has 156 valence electrons. The van der Waals surface area contributed by atoms with Crippen molar-refractivity contribution in [2.75, 3.05) is 12.4 Å². The predicted octanol–water partition coefficient (Wildman–Crippen LogP) is 5.75. The highest BCUT2D eigenvalue weighted by molar-refractivity contribution is 7.80. The third kappa shape index (κ3) is 4.84. The highest BCUT2D eigenvalue weighted by atomic mass is 32.1. The Labute approximate surface area is 180 Å². The largest absolute Gasteiger partial charge is 0.496 e. The molecule has 0 spiro atoms. The number of methoxy groups -OCH3 is 1. The molecule has 1 aliphatic heterocycles. The highest BCUT2D eigenvalue weighted by Gasteiger charge is 2.22. The summed E-state index contributed by atoms with van der Waals surface area (Å²) in [5, 5.41) is 7.41. The Hall–Kier alpha value is -2.27. The average Bonchev–Trinajstić information content (AvgIpc) is 3.04. The van der Waals surface area contributed by atoms with Crippen LogP contribution < -0.4 is 20.1 Å². The average molecular weight is 413 g/mol. The lowest BCUT2D eigenvalue weighted by Gasteiger charge is -2.22. The van der Waals surface area contributed by atoms with Crippen molar-refractivity contribution in [2.45, 2.75) is 65.5 Å². The lowest BCUT2D eigenvalue weighted by molar-refractivity contribution is 0.254. The topological polar surface area (TPSA) is 42.5 Å². The molecule has 0 fully saturated rings. The van der Waals surface area contributed by atoms with Crippen LogP contribution in [-0.2, 0) is 13.0 Å². The first-order valence-electron chi connectivity index (χ1n) is 10.3. The van der Waals surface area contributed by atoms with Gasteiger partial charge in [0.2, 0.25) is 0 Å².